The summed E-state index contributed by atoms with van der Waals surface area (Å²) in [5.41, 5.74) is 0.566. The highest BCUT2D eigenvalue weighted by Crippen LogP contribution is 2.33. The van der Waals surface area contributed by atoms with Crippen LogP contribution < -0.4 is 4.90 Å². The number of azo groups is 1. The molecule has 0 spiro atoms. The number of halogens is 1. The molecule has 3 aliphatic rings. The first-order valence-corrected chi connectivity index (χ1v) is 11.6. The van der Waals surface area contributed by atoms with E-state index in [2.05, 4.69) is 45.2 Å². The Kier molecular flexibility index (Phi) is 5.88. The van der Waals surface area contributed by atoms with Crippen LogP contribution in [0.2, 0.25) is 0 Å². The van der Waals surface area contributed by atoms with Gasteiger partial charge >= 0.3 is 0 Å². The van der Waals surface area contributed by atoms with Gasteiger partial charge in [-0.1, -0.05) is 29.8 Å². The number of aromatic nitrogens is 1. The molecule has 8 heteroatoms. The summed E-state index contributed by atoms with van der Waals surface area (Å²) in [6, 6.07) is 12.3. The van der Waals surface area contributed by atoms with Crippen molar-refractivity contribution in [3.05, 3.63) is 59.6 Å². The molecule has 5 rings (SSSR count). The molecule has 0 amide bonds. The van der Waals surface area contributed by atoms with Gasteiger partial charge in [-0.05, 0) is 63.0 Å². The van der Waals surface area contributed by atoms with Crippen LogP contribution in [0, 0.1) is 5.92 Å². The Morgan fingerprint density at radius 3 is 2.66 bits per heavy atom. The number of pyridine rings is 1. The van der Waals surface area contributed by atoms with Crippen molar-refractivity contribution in [1.82, 2.24) is 9.88 Å². The number of nitrogens with zero attached hydrogens (tertiary/aromatic N) is 5. The smallest absolute Gasteiger partial charge is 0.231 e. The maximum Gasteiger partial charge on any atom is 0.231 e. The summed E-state index contributed by atoms with van der Waals surface area (Å²) in [7, 11) is 0. The number of rotatable bonds is 5. The van der Waals surface area contributed by atoms with E-state index in [0.717, 1.165) is 55.7 Å². The molecule has 2 aromatic rings. The Balaban J connectivity index is 1.25. The van der Waals surface area contributed by atoms with E-state index in [1.165, 1.54) is 0 Å². The van der Waals surface area contributed by atoms with Gasteiger partial charge in [0.05, 0.1) is 24.1 Å². The number of fused-ring (bicyclic) bond motifs is 1. The predicted molar refractivity (Wildman–Crippen MR) is 125 cm³/mol. The largest absolute Gasteiger partial charge is 0.470 e. The summed E-state index contributed by atoms with van der Waals surface area (Å²) in [6.07, 6.45) is 5.90. The molecule has 32 heavy (non-hydrogen) atoms. The van der Waals surface area contributed by atoms with Crippen molar-refractivity contribution in [3.63, 3.8) is 0 Å². The quantitative estimate of drug-likeness (QED) is 0.683. The number of aliphatic hydroxyl groups excluding tert-OH is 1. The fourth-order valence-electron chi connectivity index (χ4n) is 4.63. The first kappa shape index (κ1) is 21.4. The normalized spacial score (nSPS) is 25.3. The van der Waals surface area contributed by atoms with Crippen molar-refractivity contribution in [2.45, 2.75) is 31.4 Å². The number of para-hydroxylation sites is 1. The monoisotopic (exact) mass is 453 g/mol. The standard InChI is InChI=1S/C24H28ClN5O2/c1-24(30-10-8-17(16-31)9-11-30)12-21(25)27-28-23(13-24)32-19-14-29(15-19)22-7-6-18-4-2-3-5-20(18)26-22/h2-7,12-13,17,19,31H,8-11,14-16H2,1H3. The summed E-state index contributed by atoms with van der Waals surface area (Å²) in [4.78, 5) is 9.32. The number of anilines is 1. The molecule has 0 bridgehead atoms. The zero-order chi connectivity index (χ0) is 22.1. The molecule has 2 saturated heterocycles. The minimum atomic E-state index is -0.431. The lowest BCUT2D eigenvalue weighted by atomic mass is 9.91. The molecule has 1 N–H and O–H groups in total. The molecule has 1 unspecified atom stereocenters. The Morgan fingerprint density at radius 2 is 1.88 bits per heavy atom. The lowest BCUT2D eigenvalue weighted by Gasteiger charge is -2.42. The van der Waals surface area contributed by atoms with Crippen LogP contribution in [0.4, 0.5) is 5.82 Å². The Morgan fingerprint density at radius 1 is 1.09 bits per heavy atom. The van der Waals surface area contributed by atoms with Gasteiger partial charge in [0.2, 0.25) is 5.88 Å². The van der Waals surface area contributed by atoms with Gasteiger partial charge in [0.15, 0.2) is 0 Å². The summed E-state index contributed by atoms with van der Waals surface area (Å²) in [5.74, 6) is 1.83. The third-order valence-corrected chi connectivity index (χ3v) is 6.85. The lowest BCUT2D eigenvalue weighted by molar-refractivity contribution is 0.0736. The van der Waals surface area contributed by atoms with Crippen molar-refractivity contribution in [3.8, 4) is 0 Å². The minimum absolute atomic E-state index is 0.0229. The summed E-state index contributed by atoms with van der Waals surface area (Å²) in [6.45, 7) is 5.63. The van der Waals surface area contributed by atoms with Crippen LogP contribution in [-0.4, -0.2) is 59.4 Å². The van der Waals surface area contributed by atoms with Crippen molar-refractivity contribution in [2.24, 2.45) is 16.1 Å². The van der Waals surface area contributed by atoms with E-state index in [1.807, 2.05) is 30.4 Å². The molecular weight excluding hydrogens is 426 g/mol. The minimum Gasteiger partial charge on any atom is -0.470 e. The Hall–Kier alpha value is -2.48. The first-order valence-electron chi connectivity index (χ1n) is 11.2. The van der Waals surface area contributed by atoms with Crippen molar-refractivity contribution < 1.29 is 9.84 Å². The Labute approximate surface area is 193 Å². The van der Waals surface area contributed by atoms with E-state index in [-0.39, 0.29) is 12.7 Å². The van der Waals surface area contributed by atoms with E-state index < -0.39 is 5.54 Å². The molecule has 4 heterocycles. The maximum absolute atomic E-state index is 9.45. The van der Waals surface area contributed by atoms with Gasteiger partial charge < -0.3 is 14.7 Å². The predicted octanol–water partition coefficient (Wildman–Crippen LogP) is 4.29. The molecule has 1 aromatic carbocycles. The zero-order valence-electron chi connectivity index (χ0n) is 18.2. The second-order valence-electron chi connectivity index (χ2n) is 9.00. The van der Waals surface area contributed by atoms with Crippen LogP contribution in [0.5, 0.6) is 0 Å². The number of aliphatic hydroxyl groups is 1. The maximum atomic E-state index is 9.45. The third kappa shape index (κ3) is 4.37. The van der Waals surface area contributed by atoms with Gasteiger partial charge in [0.1, 0.15) is 17.1 Å². The number of piperidine rings is 1. The molecule has 0 saturated carbocycles. The highest BCUT2D eigenvalue weighted by molar-refractivity contribution is 6.29. The Bertz CT molecular complexity index is 1070. The highest BCUT2D eigenvalue weighted by atomic mass is 35.5. The van der Waals surface area contributed by atoms with E-state index in [4.69, 9.17) is 21.3 Å². The van der Waals surface area contributed by atoms with E-state index in [0.29, 0.717) is 17.0 Å². The van der Waals surface area contributed by atoms with Crippen LogP contribution in [0.1, 0.15) is 19.8 Å². The van der Waals surface area contributed by atoms with Crippen LogP contribution in [0.3, 0.4) is 0 Å². The summed E-state index contributed by atoms with van der Waals surface area (Å²) >= 11 is 6.31. The van der Waals surface area contributed by atoms with Crippen molar-refractivity contribution >= 4 is 28.3 Å². The molecule has 1 aromatic heterocycles. The number of likely N-dealkylation sites (tertiary alicyclic amines) is 1. The highest BCUT2D eigenvalue weighted by Gasteiger charge is 2.35. The number of hydrogen-bond donors (Lipinski definition) is 1. The van der Waals surface area contributed by atoms with Crippen molar-refractivity contribution in [1.29, 1.82) is 0 Å². The van der Waals surface area contributed by atoms with Gasteiger partial charge in [0.25, 0.3) is 0 Å². The van der Waals surface area contributed by atoms with Gasteiger partial charge in [-0.15, -0.1) is 10.2 Å². The molecule has 2 fully saturated rings. The van der Waals surface area contributed by atoms with Crippen LogP contribution in [0.15, 0.2) is 69.8 Å². The average molecular weight is 454 g/mol. The average Bonchev–Trinajstić information content (AvgIpc) is 2.93. The SMILES string of the molecule is CC1(N2CCC(CO)CC2)C=C(Cl)N=NC(OC2CN(c3ccc4ccccc4n3)C2)=C1. The lowest BCUT2D eigenvalue weighted by Crippen LogP contribution is -2.52. The molecule has 7 nitrogen and oxygen atoms in total. The molecule has 0 aliphatic carbocycles. The van der Waals surface area contributed by atoms with E-state index in [1.54, 1.807) is 0 Å². The number of hydrogen-bond acceptors (Lipinski definition) is 7. The van der Waals surface area contributed by atoms with E-state index >= 15 is 0 Å². The third-order valence-electron chi connectivity index (χ3n) is 6.67. The summed E-state index contributed by atoms with van der Waals surface area (Å²) < 4.78 is 6.20. The van der Waals surface area contributed by atoms with Gasteiger partial charge in [-0.25, -0.2) is 4.98 Å². The van der Waals surface area contributed by atoms with Crippen LogP contribution in [0.25, 0.3) is 10.9 Å². The van der Waals surface area contributed by atoms with Gasteiger partial charge in [-0.2, -0.15) is 0 Å². The van der Waals surface area contributed by atoms with Crippen molar-refractivity contribution in [2.75, 3.05) is 37.7 Å². The van der Waals surface area contributed by atoms with Crippen LogP contribution in [-0.2, 0) is 4.74 Å². The van der Waals surface area contributed by atoms with Gasteiger partial charge in [-0.3, -0.25) is 4.90 Å². The molecule has 3 aliphatic heterocycles. The fraction of sp³-hybridized carbons (Fsp3) is 0.458. The number of ether oxygens (including phenoxy) is 1. The van der Waals surface area contributed by atoms with E-state index in [9.17, 15) is 5.11 Å². The molecule has 0 radical (unpaired) electrons. The summed E-state index contributed by atoms with van der Waals surface area (Å²) in [5, 5.41) is 19.3. The first-order chi connectivity index (χ1) is 15.5. The second kappa shape index (κ2) is 8.81. The topological polar surface area (TPSA) is 73.6 Å². The van der Waals surface area contributed by atoms with Gasteiger partial charge in [0, 0.05) is 18.1 Å². The second-order valence-corrected chi connectivity index (χ2v) is 9.38. The van der Waals surface area contributed by atoms with Crippen LogP contribution >= 0.6 is 11.6 Å². The molecule has 1 atom stereocenters. The fourth-order valence-corrected chi connectivity index (χ4v) is 4.89. The zero-order valence-corrected chi connectivity index (χ0v) is 18.9. The number of benzene rings is 1. The molecular formula is C24H28ClN5O2. The molecule has 168 valence electrons.